The predicted molar refractivity (Wildman–Crippen MR) is 31.3 cm³/mol. The van der Waals surface area contributed by atoms with E-state index in [1.165, 1.54) is 0 Å². The van der Waals surface area contributed by atoms with Gasteiger partial charge in [-0.05, 0) is 0 Å². The fraction of sp³-hybridized carbons (Fsp3) is 0. The zero-order valence-electron chi connectivity index (χ0n) is 6.43. The van der Waals surface area contributed by atoms with Gasteiger partial charge in [-0.15, -0.1) is 0 Å². The summed E-state index contributed by atoms with van der Waals surface area (Å²) in [6, 6.07) is 0. The summed E-state index contributed by atoms with van der Waals surface area (Å²) in [4.78, 5) is 14.3. The van der Waals surface area contributed by atoms with E-state index in [4.69, 9.17) is 29.1 Å². The molecular weight excluding hydrogens is 159 g/mol. The third kappa shape index (κ3) is 3100. The maximum absolute atomic E-state index is 8.74. The van der Waals surface area contributed by atoms with Crippen molar-refractivity contribution in [2.24, 2.45) is 0 Å². The quantitative estimate of drug-likeness (QED) is 0.235. The Bertz CT molecular complexity index is 64.8. The van der Waals surface area contributed by atoms with E-state index in [0.29, 0.717) is 0 Å². The molecule has 6 nitrogen and oxygen atoms in total. The Balaban J connectivity index is -0.0000000171. The van der Waals surface area contributed by atoms with E-state index >= 15 is 0 Å². The van der Waals surface area contributed by atoms with Gasteiger partial charge in [-0.3, -0.25) is 4.46 Å². The molecule has 0 aromatic carbocycles. The van der Waals surface area contributed by atoms with Gasteiger partial charge in [0.05, 0.1) is 0 Å². The summed E-state index contributed by atoms with van der Waals surface area (Å²) in [7, 11) is -5.30. The standard InChI is InChI=1S/BH3O3.Mg.H2O3Si.2H/c2-1(3)4;;1-4(2)3;;/h2-4H;;1-2H;;/q;+2;;2*-1. The largest absolute Gasteiger partial charge is 2.00 e. The van der Waals surface area contributed by atoms with Crippen molar-refractivity contribution < 1.29 is 32.0 Å². The summed E-state index contributed by atoms with van der Waals surface area (Å²) in [5, 5.41) is 21.5. The molecule has 0 heterocycles. The van der Waals surface area contributed by atoms with E-state index in [1.54, 1.807) is 0 Å². The summed E-state index contributed by atoms with van der Waals surface area (Å²) in [6.45, 7) is 0. The fourth-order valence-corrected chi connectivity index (χ4v) is 0. The molecule has 0 bridgehead atoms. The summed E-state index contributed by atoms with van der Waals surface area (Å²) >= 11 is 0. The Morgan fingerprint density at radius 3 is 1.22 bits per heavy atom. The van der Waals surface area contributed by atoms with Crippen molar-refractivity contribution in [3.8, 4) is 0 Å². The molecule has 0 aromatic rings. The third-order valence-corrected chi connectivity index (χ3v) is 0. The maximum atomic E-state index is 8.74. The van der Waals surface area contributed by atoms with E-state index in [2.05, 4.69) is 0 Å². The van der Waals surface area contributed by atoms with Crippen molar-refractivity contribution in [1.29, 1.82) is 0 Å². The Morgan fingerprint density at radius 1 is 1.22 bits per heavy atom. The van der Waals surface area contributed by atoms with Gasteiger partial charge in [0.25, 0.3) is 0 Å². The van der Waals surface area contributed by atoms with Crippen molar-refractivity contribution in [2.45, 2.75) is 0 Å². The van der Waals surface area contributed by atoms with Crippen LogP contribution in [0.2, 0.25) is 0 Å². The first-order chi connectivity index (χ1) is 3.46. The minimum Gasteiger partial charge on any atom is -1.00 e. The second-order valence-corrected chi connectivity index (χ2v) is 1.19. The number of hydrogen-bond donors (Lipinski definition) is 5. The van der Waals surface area contributed by atoms with Crippen molar-refractivity contribution >= 4 is 39.5 Å². The van der Waals surface area contributed by atoms with Crippen molar-refractivity contribution in [3.63, 3.8) is 0 Å². The van der Waals surface area contributed by atoms with Crippen LogP contribution in [-0.2, 0) is 4.46 Å². The molecule has 0 aliphatic rings. The van der Waals surface area contributed by atoms with Gasteiger partial charge in [0.15, 0.2) is 0 Å². The van der Waals surface area contributed by atoms with Gasteiger partial charge in [-0.25, -0.2) is 0 Å². The van der Waals surface area contributed by atoms with Crippen LogP contribution >= 0.6 is 0 Å². The number of hydrogen-bond acceptors (Lipinski definition) is 4. The Hall–Kier alpha value is 0.328. The molecular formula is H7BMgO6Si. The van der Waals surface area contributed by atoms with Crippen LogP contribution in [0.4, 0.5) is 0 Å². The molecule has 0 radical (unpaired) electrons. The van der Waals surface area contributed by atoms with Crippen LogP contribution in [0.3, 0.4) is 0 Å². The average Bonchev–Trinajstić information content (AvgIpc) is 1.25. The van der Waals surface area contributed by atoms with Crippen LogP contribution in [0.25, 0.3) is 0 Å². The summed E-state index contributed by atoms with van der Waals surface area (Å²) in [5.74, 6) is 0. The van der Waals surface area contributed by atoms with Crippen LogP contribution in [0.15, 0.2) is 0 Å². The molecule has 0 rings (SSSR count). The molecule has 0 fully saturated rings. The molecule has 0 aromatic heterocycles. The van der Waals surface area contributed by atoms with Crippen molar-refractivity contribution in [1.82, 2.24) is 0 Å². The van der Waals surface area contributed by atoms with E-state index in [1.807, 2.05) is 0 Å². The predicted octanol–water partition coefficient (Wildman–Crippen LogP) is -3.82. The summed E-state index contributed by atoms with van der Waals surface area (Å²) in [6.07, 6.45) is 0. The zero-order valence-corrected chi connectivity index (χ0v) is 6.84. The van der Waals surface area contributed by atoms with E-state index < -0.39 is 16.5 Å². The molecule has 9 heavy (non-hydrogen) atoms. The Kier molecular flexibility index (Phi) is 20.0. The first-order valence-electron chi connectivity index (χ1n) is 1.43. The van der Waals surface area contributed by atoms with E-state index in [0.717, 1.165) is 0 Å². The van der Waals surface area contributed by atoms with Gasteiger partial charge in [-0.1, -0.05) is 0 Å². The monoisotopic (exact) mass is 166 g/mol. The Morgan fingerprint density at radius 2 is 1.22 bits per heavy atom. The van der Waals surface area contributed by atoms with Crippen LogP contribution in [0.5, 0.6) is 0 Å². The smallest absolute Gasteiger partial charge is 1.00 e. The normalized spacial score (nSPS) is 5.67. The Labute approximate surface area is 72.0 Å². The first-order valence-corrected chi connectivity index (χ1v) is 2.73. The molecule has 0 spiro atoms. The summed E-state index contributed by atoms with van der Waals surface area (Å²) in [5.41, 5.74) is 0. The third-order valence-electron chi connectivity index (χ3n) is 0. The van der Waals surface area contributed by atoms with E-state index in [9.17, 15) is 0 Å². The number of rotatable bonds is 0. The minimum atomic E-state index is -3.13. The van der Waals surface area contributed by atoms with Crippen LogP contribution < -0.4 is 0 Å². The van der Waals surface area contributed by atoms with Gasteiger partial charge >= 0.3 is 39.5 Å². The molecule has 0 saturated heterocycles. The maximum Gasteiger partial charge on any atom is 2.00 e. The molecule has 0 aliphatic carbocycles. The second-order valence-electron chi connectivity index (χ2n) is 0.629. The van der Waals surface area contributed by atoms with E-state index in [-0.39, 0.29) is 25.9 Å². The first kappa shape index (κ1) is 16.2. The topological polar surface area (TPSA) is 118 Å². The molecule has 0 saturated carbocycles. The molecule has 52 valence electrons. The van der Waals surface area contributed by atoms with Crippen LogP contribution in [-0.4, -0.2) is 64.2 Å². The average molecular weight is 166 g/mol. The van der Waals surface area contributed by atoms with Gasteiger partial charge < -0.3 is 27.5 Å². The SMILES string of the molecule is O=[Si](O)O.OB(O)O.[H-].[H-].[Mg+2]. The van der Waals surface area contributed by atoms with Crippen molar-refractivity contribution in [3.05, 3.63) is 0 Å². The van der Waals surface area contributed by atoms with Gasteiger partial charge in [0.1, 0.15) is 0 Å². The molecule has 0 atom stereocenters. The fourth-order valence-electron chi connectivity index (χ4n) is 0. The van der Waals surface area contributed by atoms with Crippen LogP contribution in [0, 0.1) is 0 Å². The molecule has 0 aliphatic heterocycles. The molecule has 0 unspecified atom stereocenters. The molecule has 5 N–H and O–H groups in total. The second kappa shape index (κ2) is 11.2. The van der Waals surface area contributed by atoms with Gasteiger partial charge in [0.2, 0.25) is 0 Å². The zero-order chi connectivity index (χ0) is 7.15. The molecule has 0 amide bonds. The van der Waals surface area contributed by atoms with Gasteiger partial charge in [-0.2, -0.15) is 0 Å². The molecule has 9 heteroatoms. The van der Waals surface area contributed by atoms with Crippen LogP contribution in [0.1, 0.15) is 2.85 Å². The summed E-state index contributed by atoms with van der Waals surface area (Å²) < 4.78 is 8.74. The van der Waals surface area contributed by atoms with Crippen molar-refractivity contribution in [2.75, 3.05) is 0 Å². The minimum absolute atomic E-state index is 0. The van der Waals surface area contributed by atoms with Gasteiger partial charge in [0, 0.05) is 0 Å².